The largest absolute Gasteiger partial charge is 0.358 e. The molecular formula is C7H16N2O. The van der Waals surface area contributed by atoms with Crippen LogP contribution < -0.4 is 5.32 Å². The number of carbonyl (C=O) groups is 1. The van der Waals surface area contributed by atoms with E-state index in [1.54, 1.807) is 7.05 Å². The van der Waals surface area contributed by atoms with Crippen LogP contribution in [-0.4, -0.2) is 37.5 Å². The molecule has 0 bridgehead atoms. The van der Waals surface area contributed by atoms with E-state index in [-0.39, 0.29) is 5.91 Å². The number of hydrogen-bond donors (Lipinski definition) is 1. The van der Waals surface area contributed by atoms with E-state index in [1.807, 2.05) is 13.8 Å². The summed E-state index contributed by atoms with van der Waals surface area (Å²) in [6.45, 7) is 6.48. The molecule has 1 amide bonds. The Morgan fingerprint density at radius 1 is 1.40 bits per heavy atom. The van der Waals surface area contributed by atoms with E-state index in [9.17, 15) is 4.79 Å². The first kappa shape index (κ1) is 9.43. The van der Waals surface area contributed by atoms with Crippen molar-refractivity contribution in [1.29, 1.82) is 0 Å². The van der Waals surface area contributed by atoms with Gasteiger partial charge in [-0.1, -0.05) is 13.8 Å². The molecule has 0 atom stereocenters. The van der Waals surface area contributed by atoms with Gasteiger partial charge in [0.2, 0.25) is 5.91 Å². The Labute approximate surface area is 62.4 Å². The zero-order valence-corrected chi connectivity index (χ0v) is 6.98. The molecule has 1 N–H and O–H groups in total. The van der Waals surface area contributed by atoms with Gasteiger partial charge >= 0.3 is 0 Å². The van der Waals surface area contributed by atoms with Crippen molar-refractivity contribution >= 4 is 5.91 Å². The quantitative estimate of drug-likeness (QED) is 0.605. The third-order valence-electron chi connectivity index (χ3n) is 1.54. The van der Waals surface area contributed by atoms with E-state index in [0.717, 1.165) is 13.1 Å². The highest BCUT2D eigenvalue weighted by Gasteiger charge is 2.03. The van der Waals surface area contributed by atoms with Gasteiger partial charge in [-0.15, -0.1) is 0 Å². The summed E-state index contributed by atoms with van der Waals surface area (Å²) >= 11 is 0. The number of rotatable bonds is 4. The summed E-state index contributed by atoms with van der Waals surface area (Å²) in [6.07, 6.45) is 0. The van der Waals surface area contributed by atoms with Gasteiger partial charge in [0.15, 0.2) is 0 Å². The van der Waals surface area contributed by atoms with Gasteiger partial charge in [0.05, 0.1) is 6.54 Å². The maximum absolute atomic E-state index is 10.8. The lowest BCUT2D eigenvalue weighted by molar-refractivity contribution is -0.121. The van der Waals surface area contributed by atoms with E-state index in [0.29, 0.717) is 6.54 Å². The van der Waals surface area contributed by atoms with Crippen LogP contribution in [0.2, 0.25) is 0 Å². The van der Waals surface area contributed by atoms with E-state index in [2.05, 4.69) is 10.2 Å². The van der Waals surface area contributed by atoms with Crippen molar-refractivity contribution < 1.29 is 4.79 Å². The Morgan fingerprint density at radius 2 is 1.90 bits per heavy atom. The van der Waals surface area contributed by atoms with Crippen LogP contribution >= 0.6 is 0 Å². The molecule has 0 aliphatic rings. The molecule has 0 heterocycles. The number of likely N-dealkylation sites (N-methyl/N-ethyl adjacent to an activating group) is 2. The molecule has 0 aliphatic carbocycles. The Kier molecular flexibility index (Phi) is 4.94. The minimum atomic E-state index is 0.0868. The molecule has 0 spiro atoms. The zero-order chi connectivity index (χ0) is 7.98. The normalized spacial score (nSPS) is 10.0. The third kappa shape index (κ3) is 3.45. The van der Waals surface area contributed by atoms with E-state index in [4.69, 9.17) is 0 Å². The molecular weight excluding hydrogens is 128 g/mol. The average molecular weight is 144 g/mol. The van der Waals surface area contributed by atoms with E-state index in [1.165, 1.54) is 0 Å². The van der Waals surface area contributed by atoms with Crippen LogP contribution in [-0.2, 0) is 4.79 Å². The highest BCUT2D eigenvalue weighted by Crippen LogP contribution is 1.84. The molecule has 0 unspecified atom stereocenters. The highest BCUT2D eigenvalue weighted by atomic mass is 16.1. The Morgan fingerprint density at radius 3 is 2.20 bits per heavy atom. The van der Waals surface area contributed by atoms with Crippen LogP contribution in [0.15, 0.2) is 0 Å². The summed E-state index contributed by atoms with van der Waals surface area (Å²) in [5.41, 5.74) is 0. The predicted molar refractivity (Wildman–Crippen MR) is 41.9 cm³/mol. The highest BCUT2D eigenvalue weighted by molar-refractivity contribution is 5.77. The maximum Gasteiger partial charge on any atom is 0.233 e. The molecule has 0 aliphatic heterocycles. The second-order valence-electron chi connectivity index (χ2n) is 2.13. The fourth-order valence-electron chi connectivity index (χ4n) is 0.729. The van der Waals surface area contributed by atoms with Crippen molar-refractivity contribution in [2.24, 2.45) is 0 Å². The van der Waals surface area contributed by atoms with E-state index < -0.39 is 0 Å². The Hall–Kier alpha value is -0.570. The van der Waals surface area contributed by atoms with Gasteiger partial charge in [-0.25, -0.2) is 0 Å². The van der Waals surface area contributed by atoms with Crippen molar-refractivity contribution in [1.82, 2.24) is 10.2 Å². The SMILES string of the molecule is CCN(CC)CC(=O)NC. The van der Waals surface area contributed by atoms with Gasteiger partial charge in [0, 0.05) is 7.05 Å². The first-order valence-electron chi connectivity index (χ1n) is 3.67. The molecule has 3 heteroatoms. The smallest absolute Gasteiger partial charge is 0.233 e. The Balaban J connectivity index is 3.52. The topological polar surface area (TPSA) is 32.3 Å². The van der Waals surface area contributed by atoms with Gasteiger partial charge in [0.1, 0.15) is 0 Å². The minimum Gasteiger partial charge on any atom is -0.358 e. The number of hydrogen-bond acceptors (Lipinski definition) is 2. The molecule has 0 aromatic heterocycles. The molecule has 0 fully saturated rings. The van der Waals surface area contributed by atoms with Crippen molar-refractivity contribution in [3.05, 3.63) is 0 Å². The molecule has 0 saturated heterocycles. The second-order valence-corrected chi connectivity index (χ2v) is 2.13. The summed E-state index contributed by atoms with van der Waals surface area (Å²) < 4.78 is 0. The zero-order valence-electron chi connectivity index (χ0n) is 6.98. The molecule has 10 heavy (non-hydrogen) atoms. The van der Waals surface area contributed by atoms with Crippen LogP contribution in [0, 0.1) is 0 Å². The fourth-order valence-corrected chi connectivity index (χ4v) is 0.729. The van der Waals surface area contributed by atoms with Crippen LogP contribution in [0.1, 0.15) is 13.8 Å². The predicted octanol–water partition coefficient (Wildman–Crippen LogP) is 0.0742. The molecule has 0 radical (unpaired) electrons. The second kappa shape index (κ2) is 5.23. The van der Waals surface area contributed by atoms with Crippen LogP contribution in [0.25, 0.3) is 0 Å². The van der Waals surface area contributed by atoms with Gasteiger partial charge in [-0.3, -0.25) is 9.69 Å². The lowest BCUT2D eigenvalue weighted by Crippen LogP contribution is -2.35. The number of nitrogens with zero attached hydrogens (tertiary/aromatic N) is 1. The summed E-state index contributed by atoms with van der Waals surface area (Å²) in [5.74, 6) is 0.0868. The standard InChI is InChI=1S/C7H16N2O/c1-4-9(5-2)6-7(10)8-3/h4-6H2,1-3H3,(H,8,10). The Bertz CT molecular complexity index is 99.8. The van der Waals surface area contributed by atoms with E-state index >= 15 is 0 Å². The molecule has 0 saturated carbocycles. The van der Waals surface area contributed by atoms with Gasteiger partial charge in [-0.2, -0.15) is 0 Å². The lowest BCUT2D eigenvalue weighted by atomic mass is 10.4. The van der Waals surface area contributed by atoms with Crippen LogP contribution in [0.5, 0.6) is 0 Å². The van der Waals surface area contributed by atoms with Gasteiger partial charge in [0.25, 0.3) is 0 Å². The first-order chi connectivity index (χ1) is 4.74. The maximum atomic E-state index is 10.8. The summed E-state index contributed by atoms with van der Waals surface area (Å²) in [4.78, 5) is 12.9. The first-order valence-corrected chi connectivity index (χ1v) is 3.67. The number of amides is 1. The average Bonchev–Trinajstić information content (AvgIpc) is 1.99. The van der Waals surface area contributed by atoms with Gasteiger partial charge in [-0.05, 0) is 13.1 Å². The van der Waals surface area contributed by atoms with Crippen molar-refractivity contribution in [2.75, 3.05) is 26.7 Å². The van der Waals surface area contributed by atoms with Crippen LogP contribution in [0.4, 0.5) is 0 Å². The minimum absolute atomic E-state index is 0.0868. The number of nitrogens with one attached hydrogen (secondary N) is 1. The molecule has 60 valence electrons. The summed E-state index contributed by atoms with van der Waals surface area (Å²) in [6, 6.07) is 0. The summed E-state index contributed by atoms with van der Waals surface area (Å²) in [5, 5.41) is 2.58. The lowest BCUT2D eigenvalue weighted by Gasteiger charge is -2.15. The van der Waals surface area contributed by atoms with Crippen LogP contribution in [0.3, 0.4) is 0 Å². The van der Waals surface area contributed by atoms with Gasteiger partial charge < -0.3 is 5.32 Å². The molecule has 0 aromatic carbocycles. The van der Waals surface area contributed by atoms with Crippen molar-refractivity contribution in [3.63, 3.8) is 0 Å². The molecule has 0 aromatic rings. The van der Waals surface area contributed by atoms with Crippen molar-refractivity contribution in [2.45, 2.75) is 13.8 Å². The molecule has 3 nitrogen and oxygen atoms in total. The molecule has 0 rings (SSSR count). The third-order valence-corrected chi connectivity index (χ3v) is 1.54. The fraction of sp³-hybridized carbons (Fsp3) is 0.857. The van der Waals surface area contributed by atoms with Crippen molar-refractivity contribution in [3.8, 4) is 0 Å². The monoisotopic (exact) mass is 144 g/mol. The summed E-state index contributed by atoms with van der Waals surface area (Å²) in [7, 11) is 1.66. The number of carbonyl (C=O) groups excluding carboxylic acids is 1.